The molecule has 2 aromatic rings. The normalized spacial score (nSPS) is 18.3. The van der Waals surface area contributed by atoms with Crippen LogP contribution in [0.25, 0.3) is 6.08 Å². The number of morpholine rings is 1. The van der Waals surface area contributed by atoms with Gasteiger partial charge in [-0.2, -0.15) is 0 Å². The predicted octanol–water partition coefficient (Wildman–Crippen LogP) is 3.35. The number of ether oxygens (including phenoxy) is 1. The number of carbonyl (C=O) groups excluding carboxylic acids is 1. The molecule has 0 spiro atoms. The van der Waals surface area contributed by atoms with Crippen molar-refractivity contribution in [3.63, 3.8) is 0 Å². The van der Waals surface area contributed by atoms with E-state index < -0.39 is 0 Å². The number of benzene rings is 1. The second-order valence-electron chi connectivity index (χ2n) is 5.28. The maximum absolute atomic E-state index is 12.3. The smallest absolute Gasteiger partial charge is 0.246 e. The number of halogens is 1. The zero-order valence-electron chi connectivity index (χ0n) is 12.6. The van der Waals surface area contributed by atoms with Crippen LogP contribution in [0.4, 0.5) is 0 Å². The molecule has 1 amide bonds. The minimum Gasteiger partial charge on any atom is -0.370 e. The first-order valence-electron chi connectivity index (χ1n) is 7.47. The molecular weight excluding hydrogens is 312 g/mol. The van der Waals surface area contributed by atoms with Gasteiger partial charge in [-0.25, -0.2) is 0 Å². The first kappa shape index (κ1) is 15.7. The Morgan fingerprint density at radius 1 is 1.26 bits per heavy atom. The molecule has 5 heteroatoms. The molecular formula is C18H17ClN2O2. The molecule has 1 aliphatic rings. The molecule has 118 valence electrons. The Hall–Kier alpha value is -2.17. The van der Waals surface area contributed by atoms with Crippen molar-refractivity contribution in [2.24, 2.45) is 0 Å². The minimum atomic E-state index is -0.117. The lowest BCUT2D eigenvalue weighted by molar-refractivity contribution is -0.133. The molecule has 3 rings (SSSR count). The van der Waals surface area contributed by atoms with Crippen molar-refractivity contribution in [1.29, 1.82) is 0 Å². The van der Waals surface area contributed by atoms with Crippen LogP contribution in [0.3, 0.4) is 0 Å². The topological polar surface area (TPSA) is 42.4 Å². The van der Waals surface area contributed by atoms with Gasteiger partial charge in [-0.05, 0) is 35.9 Å². The van der Waals surface area contributed by atoms with Crippen LogP contribution in [0.2, 0.25) is 5.02 Å². The summed E-state index contributed by atoms with van der Waals surface area (Å²) < 4.78 is 5.77. The van der Waals surface area contributed by atoms with Crippen LogP contribution < -0.4 is 0 Å². The molecule has 0 bridgehead atoms. The highest BCUT2D eigenvalue weighted by molar-refractivity contribution is 6.30. The van der Waals surface area contributed by atoms with Gasteiger partial charge in [0.05, 0.1) is 18.8 Å². The Balaban J connectivity index is 1.65. The van der Waals surface area contributed by atoms with Crippen molar-refractivity contribution in [1.82, 2.24) is 9.88 Å². The van der Waals surface area contributed by atoms with Crippen LogP contribution in [-0.2, 0) is 9.53 Å². The number of rotatable bonds is 3. The highest BCUT2D eigenvalue weighted by atomic mass is 35.5. The zero-order chi connectivity index (χ0) is 16.1. The third kappa shape index (κ3) is 4.18. The van der Waals surface area contributed by atoms with Gasteiger partial charge in [0.2, 0.25) is 5.91 Å². The van der Waals surface area contributed by atoms with Crippen molar-refractivity contribution in [2.75, 3.05) is 19.7 Å². The van der Waals surface area contributed by atoms with Gasteiger partial charge in [0.15, 0.2) is 0 Å². The summed E-state index contributed by atoms with van der Waals surface area (Å²) in [6, 6.07) is 13.1. The molecule has 0 radical (unpaired) electrons. The summed E-state index contributed by atoms with van der Waals surface area (Å²) in [6.45, 7) is 1.65. The Morgan fingerprint density at radius 3 is 2.83 bits per heavy atom. The summed E-state index contributed by atoms with van der Waals surface area (Å²) in [5.74, 6) is -0.0297. The quantitative estimate of drug-likeness (QED) is 0.811. The van der Waals surface area contributed by atoms with E-state index in [1.165, 1.54) is 0 Å². The van der Waals surface area contributed by atoms with Crippen LogP contribution in [0.1, 0.15) is 17.4 Å². The number of pyridine rings is 1. The predicted molar refractivity (Wildman–Crippen MR) is 90.0 cm³/mol. The van der Waals surface area contributed by atoms with E-state index in [0.717, 1.165) is 11.3 Å². The van der Waals surface area contributed by atoms with E-state index in [2.05, 4.69) is 4.98 Å². The minimum absolute atomic E-state index is 0.0297. The summed E-state index contributed by atoms with van der Waals surface area (Å²) in [5, 5.41) is 0.691. The highest BCUT2D eigenvalue weighted by Crippen LogP contribution is 2.23. The van der Waals surface area contributed by atoms with Crippen LogP contribution >= 0.6 is 11.6 Å². The van der Waals surface area contributed by atoms with Gasteiger partial charge in [-0.1, -0.05) is 29.8 Å². The molecule has 1 aliphatic heterocycles. The monoisotopic (exact) mass is 328 g/mol. The number of aromatic nitrogens is 1. The molecule has 1 atom stereocenters. The van der Waals surface area contributed by atoms with Crippen molar-refractivity contribution in [3.05, 3.63) is 71.0 Å². The molecule has 0 aliphatic carbocycles. The van der Waals surface area contributed by atoms with Crippen LogP contribution in [0.5, 0.6) is 0 Å². The number of hydrogen-bond acceptors (Lipinski definition) is 3. The molecule has 1 aromatic heterocycles. The molecule has 1 aromatic carbocycles. The number of amides is 1. The standard InChI is InChI=1S/C18H17ClN2O2/c19-15-6-4-14(5-7-15)17-13-21(11-12-23-17)18(22)9-8-16-3-1-2-10-20-16/h1-10,17H,11-13H2/b9-8+. The van der Waals surface area contributed by atoms with Gasteiger partial charge < -0.3 is 9.64 Å². The van der Waals surface area contributed by atoms with Crippen molar-refractivity contribution >= 4 is 23.6 Å². The van der Waals surface area contributed by atoms with Crippen LogP contribution in [-0.4, -0.2) is 35.5 Å². The lowest BCUT2D eigenvalue weighted by atomic mass is 10.1. The molecule has 1 unspecified atom stereocenters. The second-order valence-corrected chi connectivity index (χ2v) is 5.72. The van der Waals surface area contributed by atoms with Crippen LogP contribution in [0, 0.1) is 0 Å². The first-order chi connectivity index (χ1) is 11.2. The van der Waals surface area contributed by atoms with Gasteiger partial charge in [0, 0.05) is 23.8 Å². The van der Waals surface area contributed by atoms with Gasteiger partial charge in [0.1, 0.15) is 6.10 Å². The van der Waals surface area contributed by atoms with Crippen LogP contribution in [0.15, 0.2) is 54.7 Å². The number of nitrogens with zero attached hydrogens (tertiary/aromatic N) is 2. The summed E-state index contributed by atoms with van der Waals surface area (Å²) in [6.07, 6.45) is 4.88. The summed E-state index contributed by atoms with van der Waals surface area (Å²) in [7, 11) is 0. The summed E-state index contributed by atoms with van der Waals surface area (Å²) in [5.41, 5.74) is 1.80. The maximum atomic E-state index is 12.3. The molecule has 4 nitrogen and oxygen atoms in total. The van der Waals surface area contributed by atoms with E-state index in [1.807, 2.05) is 42.5 Å². The fraction of sp³-hybridized carbons (Fsp3) is 0.222. The lowest BCUT2D eigenvalue weighted by Gasteiger charge is -2.32. The molecule has 2 heterocycles. The Kier molecular flexibility index (Phi) is 5.05. The second kappa shape index (κ2) is 7.40. The first-order valence-corrected chi connectivity index (χ1v) is 7.85. The average Bonchev–Trinajstić information content (AvgIpc) is 2.61. The summed E-state index contributed by atoms with van der Waals surface area (Å²) >= 11 is 5.91. The molecule has 0 saturated carbocycles. The van der Waals surface area contributed by atoms with E-state index in [0.29, 0.717) is 24.7 Å². The van der Waals surface area contributed by atoms with E-state index in [-0.39, 0.29) is 12.0 Å². The van der Waals surface area contributed by atoms with E-state index in [1.54, 1.807) is 23.2 Å². The van der Waals surface area contributed by atoms with Crippen molar-refractivity contribution < 1.29 is 9.53 Å². The Bertz CT molecular complexity index is 686. The van der Waals surface area contributed by atoms with Gasteiger partial charge in [0.25, 0.3) is 0 Å². The Morgan fingerprint density at radius 2 is 2.09 bits per heavy atom. The zero-order valence-corrected chi connectivity index (χ0v) is 13.3. The van der Waals surface area contributed by atoms with Crippen molar-refractivity contribution in [2.45, 2.75) is 6.10 Å². The van der Waals surface area contributed by atoms with Gasteiger partial charge >= 0.3 is 0 Å². The van der Waals surface area contributed by atoms with E-state index >= 15 is 0 Å². The average molecular weight is 329 g/mol. The SMILES string of the molecule is O=C(/C=C/c1ccccn1)N1CCOC(c2ccc(Cl)cc2)C1. The number of hydrogen-bond donors (Lipinski definition) is 0. The fourth-order valence-corrected chi connectivity index (χ4v) is 2.59. The van der Waals surface area contributed by atoms with E-state index in [9.17, 15) is 4.79 Å². The largest absolute Gasteiger partial charge is 0.370 e. The van der Waals surface area contributed by atoms with Gasteiger partial charge in [-0.15, -0.1) is 0 Å². The van der Waals surface area contributed by atoms with E-state index in [4.69, 9.17) is 16.3 Å². The van der Waals surface area contributed by atoms with Crippen molar-refractivity contribution in [3.8, 4) is 0 Å². The lowest BCUT2D eigenvalue weighted by Crippen LogP contribution is -2.41. The summed E-state index contributed by atoms with van der Waals surface area (Å²) in [4.78, 5) is 18.3. The molecule has 0 N–H and O–H groups in total. The highest BCUT2D eigenvalue weighted by Gasteiger charge is 2.24. The maximum Gasteiger partial charge on any atom is 0.246 e. The molecule has 23 heavy (non-hydrogen) atoms. The third-order valence-electron chi connectivity index (χ3n) is 3.70. The Labute approximate surface area is 140 Å². The van der Waals surface area contributed by atoms with Gasteiger partial charge in [-0.3, -0.25) is 9.78 Å². The molecule has 1 fully saturated rings. The number of carbonyl (C=O) groups is 1. The fourth-order valence-electron chi connectivity index (χ4n) is 2.47. The third-order valence-corrected chi connectivity index (χ3v) is 3.96. The molecule has 1 saturated heterocycles.